The molecule has 0 saturated heterocycles. The molecule has 3 nitrogen and oxygen atoms in total. The van der Waals surface area contributed by atoms with Gasteiger partial charge in [-0.2, -0.15) is 0 Å². The van der Waals surface area contributed by atoms with Crippen molar-refractivity contribution in [3.8, 4) is 0 Å². The van der Waals surface area contributed by atoms with Crippen molar-refractivity contribution in [1.29, 1.82) is 0 Å². The first-order valence-electron chi connectivity index (χ1n) is 5.27. The van der Waals surface area contributed by atoms with Crippen LogP contribution in [0.25, 0.3) is 0 Å². The highest BCUT2D eigenvalue weighted by atomic mass is 14.9. The van der Waals surface area contributed by atoms with Gasteiger partial charge in [0.25, 0.3) is 0 Å². The van der Waals surface area contributed by atoms with Crippen LogP contribution in [0.5, 0.6) is 0 Å². The minimum atomic E-state index is 0.601. The molecule has 1 aromatic carbocycles. The van der Waals surface area contributed by atoms with E-state index in [4.69, 9.17) is 5.73 Å². The number of anilines is 1. The Kier molecular flexibility index (Phi) is 2.86. The van der Waals surface area contributed by atoms with Gasteiger partial charge in [-0.15, -0.1) is 0 Å². The molecule has 0 aliphatic heterocycles. The minimum Gasteiger partial charge on any atom is -0.396 e. The average molecular weight is 213 g/mol. The van der Waals surface area contributed by atoms with Crippen LogP contribution in [0.4, 0.5) is 5.69 Å². The number of benzene rings is 1. The lowest BCUT2D eigenvalue weighted by atomic mass is 10.0. The summed E-state index contributed by atoms with van der Waals surface area (Å²) in [6, 6.07) is 6.48. The normalized spacial score (nSPS) is 10.4. The Morgan fingerprint density at radius 2 is 1.56 bits per heavy atom. The molecule has 3 heteroatoms. The van der Waals surface area contributed by atoms with Gasteiger partial charge < -0.3 is 5.73 Å². The van der Waals surface area contributed by atoms with Crippen LogP contribution in [0.3, 0.4) is 0 Å². The minimum absolute atomic E-state index is 0.601. The molecule has 1 heterocycles. The molecular formula is C13H15N3. The Balaban J connectivity index is 2.23. The second-order valence-corrected chi connectivity index (χ2v) is 4.11. The van der Waals surface area contributed by atoms with Gasteiger partial charge in [-0.1, -0.05) is 29.3 Å². The number of nitrogens with zero attached hydrogens (tertiary/aromatic N) is 2. The van der Waals surface area contributed by atoms with Gasteiger partial charge in [-0.05, 0) is 19.4 Å². The monoisotopic (exact) mass is 213 g/mol. The number of nitrogens with two attached hydrogens (primary N) is 1. The van der Waals surface area contributed by atoms with Gasteiger partial charge in [0.15, 0.2) is 0 Å². The fourth-order valence-corrected chi connectivity index (χ4v) is 1.81. The zero-order valence-corrected chi connectivity index (χ0v) is 9.57. The van der Waals surface area contributed by atoms with E-state index < -0.39 is 0 Å². The molecule has 0 saturated carbocycles. The molecule has 1 aromatic heterocycles. The lowest BCUT2D eigenvalue weighted by Crippen LogP contribution is -1.98. The number of rotatable bonds is 2. The van der Waals surface area contributed by atoms with Gasteiger partial charge in [0.05, 0.1) is 18.1 Å². The zero-order chi connectivity index (χ0) is 11.5. The highest BCUT2D eigenvalue weighted by Crippen LogP contribution is 2.11. The van der Waals surface area contributed by atoms with Crippen LogP contribution in [0.2, 0.25) is 0 Å². The molecule has 0 atom stereocenters. The summed E-state index contributed by atoms with van der Waals surface area (Å²) in [7, 11) is 0. The molecule has 2 aromatic rings. The third kappa shape index (κ3) is 2.57. The summed E-state index contributed by atoms with van der Waals surface area (Å²) in [5.74, 6) is 0.805. The average Bonchev–Trinajstić information content (AvgIpc) is 2.20. The highest BCUT2D eigenvalue weighted by Gasteiger charge is 2.00. The van der Waals surface area contributed by atoms with Crippen LogP contribution in [0.15, 0.2) is 30.6 Å². The molecule has 0 spiro atoms. The van der Waals surface area contributed by atoms with Gasteiger partial charge >= 0.3 is 0 Å². The van der Waals surface area contributed by atoms with E-state index in [0.29, 0.717) is 5.69 Å². The fourth-order valence-electron chi connectivity index (χ4n) is 1.81. The fraction of sp³-hybridized carbons (Fsp3) is 0.231. The molecule has 0 radical (unpaired) electrons. The lowest BCUT2D eigenvalue weighted by Gasteiger charge is -2.04. The van der Waals surface area contributed by atoms with Crippen molar-refractivity contribution >= 4 is 5.69 Å². The Morgan fingerprint density at radius 1 is 1.00 bits per heavy atom. The summed E-state index contributed by atoms with van der Waals surface area (Å²) in [4.78, 5) is 8.39. The van der Waals surface area contributed by atoms with Crippen LogP contribution in [-0.4, -0.2) is 9.97 Å². The summed E-state index contributed by atoms with van der Waals surface area (Å²) >= 11 is 0. The summed E-state index contributed by atoms with van der Waals surface area (Å²) in [5.41, 5.74) is 9.92. The molecule has 0 bridgehead atoms. The second-order valence-electron chi connectivity index (χ2n) is 4.11. The van der Waals surface area contributed by atoms with Crippen LogP contribution < -0.4 is 5.73 Å². The Morgan fingerprint density at radius 3 is 2.12 bits per heavy atom. The molecule has 2 N–H and O–H groups in total. The molecule has 0 aliphatic carbocycles. The summed E-state index contributed by atoms with van der Waals surface area (Å²) in [5, 5.41) is 0. The van der Waals surface area contributed by atoms with Crippen LogP contribution in [0, 0.1) is 13.8 Å². The van der Waals surface area contributed by atoms with E-state index >= 15 is 0 Å². The topological polar surface area (TPSA) is 51.8 Å². The van der Waals surface area contributed by atoms with Crippen molar-refractivity contribution in [2.75, 3.05) is 5.73 Å². The van der Waals surface area contributed by atoms with Gasteiger partial charge in [0, 0.05) is 6.42 Å². The van der Waals surface area contributed by atoms with E-state index in [1.807, 2.05) is 0 Å². The maximum Gasteiger partial charge on any atom is 0.132 e. The molecule has 16 heavy (non-hydrogen) atoms. The summed E-state index contributed by atoms with van der Waals surface area (Å²) in [6.45, 7) is 4.20. The molecule has 0 amide bonds. The first kappa shape index (κ1) is 10.6. The first-order chi connectivity index (χ1) is 7.63. The van der Waals surface area contributed by atoms with Crippen molar-refractivity contribution in [2.24, 2.45) is 0 Å². The standard InChI is InChI=1S/C13H15N3/c1-9-3-10(2)5-11(4-9)6-13-15-7-12(14)8-16-13/h3-5,7-8H,6,14H2,1-2H3. The number of nitrogen functional groups attached to an aromatic ring is 1. The third-order valence-corrected chi connectivity index (χ3v) is 2.37. The number of aromatic nitrogens is 2. The Hall–Kier alpha value is -1.90. The molecule has 0 aliphatic rings. The number of aryl methyl sites for hydroxylation is 2. The van der Waals surface area contributed by atoms with Crippen molar-refractivity contribution < 1.29 is 0 Å². The van der Waals surface area contributed by atoms with Crippen molar-refractivity contribution in [1.82, 2.24) is 9.97 Å². The van der Waals surface area contributed by atoms with Crippen LogP contribution in [0.1, 0.15) is 22.5 Å². The lowest BCUT2D eigenvalue weighted by molar-refractivity contribution is 0.968. The SMILES string of the molecule is Cc1cc(C)cc(Cc2ncc(N)cn2)c1. The van der Waals surface area contributed by atoms with E-state index in [2.05, 4.69) is 42.0 Å². The smallest absolute Gasteiger partial charge is 0.132 e. The number of hydrogen-bond donors (Lipinski definition) is 1. The quantitative estimate of drug-likeness (QED) is 0.832. The van der Waals surface area contributed by atoms with E-state index in [9.17, 15) is 0 Å². The number of hydrogen-bond acceptors (Lipinski definition) is 3. The predicted molar refractivity (Wildman–Crippen MR) is 65.2 cm³/mol. The van der Waals surface area contributed by atoms with Crippen molar-refractivity contribution in [2.45, 2.75) is 20.3 Å². The van der Waals surface area contributed by atoms with Gasteiger partial charge in [-0.3, -0.25) is 0 Å². The molecule has 2 rings (SSSR count). The van der Waals surface area contributed by atoms with E-state index in [1.165, 1.54) is 16.7 Å². The maximum atomic E-state index is 5.54. The third-order valence-electron chi connectivity index (χ3n) is 2.37. The highest BCUT2D eigenvalue weighted by molar-refractivity contribution is 5.33. The summed E-state index contributed by atoms with van der Waals surface area (Å²) < 4.78 is 0. The molecule has 0 unspecified atom stereocenters. The predicted octanol–water partition coefficient (Wildman–Crippen LogP) is 2.27. The van der Waals surface area contributed by atoms with E-state index in [-0.39, 0.29) is 0 Å². The van der Waals surface area contributed by atoms with E-state index in [1.54, 1.807) is 12.4 Å². The van der Waals surface area contributed by atoms with Gasteiger partial charge in [0.1, 0.15) is 5.82 Å². The van der Waals surface area contributed by atoms with E-state index in [0.717, 1.165) is 12.2 Å². The molecule has 0 fully saturated rings. The van der Waals surface area contributed by atoms with Crippen molar-refractivity contribution in [3.63, 3.8) is 0 Å². The Bertz CT molecular complexity index is 469. The summed E-state index contributed by atoms with van der Waals surface area (Å²) in [6.07, 6.45) is 4.04. The first-order valence-corrected chi connectivity index (χ1v) is 5.27. The van der Waals surface area contributed by atoms with Crippen LogP contribution in [-0.2, 0) is 6.42 Å². The largest absolute Gasteiger partial charge is 0.396 e. The molecule has 82 valence electrons. The van der Waals surface area contributed by atoms with Gasteiger partial charge in [-0.25, -0.2) is 9.97 Å². The Labute approximate surface area is 95.4 Å². The molecular weight excluding hydrogens is 198 g/mol. The maximum absolute atomic E-state index is 5.54. The van der Waals surface area contributed by atoms with Gasteiger partial charge in [0.2, 0.25) is 0 Å². The van der Waals surface area contributed by atoms with Crippen molar-refractivity contribution in [3.05, 3.63) is 53.1 Å². The zero-order valence-electron chi connectivity index (χ0n) is 9.57. The van der Waals surface area contributed by atoms with Crippen LogP contribution >= 0.6 is 0 Å². The second kappa shape index (κ2) is 4.31.